The fraction of sp³-hybridized carbons (Fsp3) is 0.609. The highest BCUT2D eigenvalue weighted by molar-refractivity contribution is 5.93. The van der Waals surface area contributed by atoms with E-state index in [9.17, 15) is 13.6 Å². The molecule has 12 heteroatoms. The lowest BCUT2D eigenvalue weighted by Gasteiger charge is -2.32. The first kappa shape index (κ1) is 24.8. The lowest BCUT2D eigenvalue weighted by atomic mass is 9.98. The molecule has 2 aliphatic rings. The zero-order valence-corrected chi connectivity index (χ0v) is 19.9. The van der Waals surface area contributed by atoms with Crippen LogP contribution in [0.5, 0.6) is 11.8 Å². The van der Waals surface area contributed by atoms with E-state index in [1.807, 2.05) is 4.90 Å². The van der Waals surface area contributed by atoms with Gasteiger partial charge in [0.05, 0.1) is 26.0 Å². The predicted molar refractivity (Wildman–Crippen MR) is 125 cm³/mol. The van der Waals surface area contributed by atoms with Crippen molar-refractivity contribution in [3.8, 4) is 11.8 Å². The second-order valence-electron chi connectivity index (χ2n) is 9.44. The van der Waals surface area contributed by atoms with Gasteiger partial charge in [0.25, 0.3) is 11.8 Å². The number of aromatic nitrogens is 4. The van der Waals surface area contributed by atoms with Gasteiger partial charge in [0.1, 0.15) is 17.8 Å². The van der Waals surface area contributed by atoms with Gasteiger partial charge in [-0.3, -0.25) is 4.79 Å². The van der Waals surface area contributed by atoms with Gasteiger partial charge in [-0.05, 0) is 37.0 Å². The molecule has 0 radical (unpaired) electrons. The molecule has 1 amide bonds. The lowest BCUT2D eigenvalue weighted by molar-refractivity contribution is 0.0220. The van der Waals surface area contributed by atoms with Crippen LogP contribution in [0.3, 0.4) is 0 Å². The minimum atomic E-state index is -3.02. The summed E-state index contributed by atoms with van der Waals surface area (Å²) < 4.78 is 38.0. The Labute approximate surface area is 202 Å². The monoisotopic (exact) mass is 491 g/mol. The first-order valence-electron chi connectivity index (χ1n) is 11.8. The first-order valence-corrected chi connectivity index (χ1v) is 11.8. The third-order valence-corrected chi connectivity index (χ3v) is 6.31. The van der Waals surface area contributed by atoms with Crippen molar-refractivity contribution in [1.29, 1.82) is 0 Å². The summed E-state index contributed by atoms with van der Waals surface area (Å²) in [6.45, 7) is 4.42. The Morgan fingerprint density at radius 1 is 1.26 bits per heavy atom. The van der Waals surface area contributed by atoms with Crippen LogP contribution in [0.15, 0.2) is 18.6 Å². The largest absolute Gasteiger partial charge is 0.488 e. The number of carbonyl (C=O) groups excluding carboxylic acids is 1. The number of hydrogen-bond donors (Lipinski definition) is 2. The molecule has 0 unspecified atom stereocenters. The number of hydrogen-bond acceptors (Lipinski definition) is 9. The van der Waals surface area contributed by atoms with E-state index in [1.54, 1.807) is 6.20 Å². The number of amides is 1. The summed E-state index contributed by atoms with van der Waals surface area (Å²) in [6.07, 6.45) is 5.65. The van der Waals surface area contributed by atoms with E-state index >= 15 is 0 Å². The summed E-state index contributed by atoms with van der Waals surface area (Å²) in [4.78, 5) is 31.1. The second-order valence-corrected chi connectivity index (χ2v) is 9.44. The quantitative estimate of drug-likeness (QED) is 0.515. The van der Waals surface area contributed by atoms with Crippen LogP contribution in [0.1, 0.15) is 43.6 Å². The summed E-state index contributed by atoms with van der Waals surface area (Å²) in [5.74, 6) is -1.07. The highest BCUT2D eigenvalue weighted by atomic mass is 19.3. The standard InChI is InChI=1S/C23H31F2N7O3/c1-14-7-16(14)11-35-22-30-17(21(33)28-12-23(2,24)25)8-19(31-22)32-5-3-15(4-6-32)10-34-18-9-27-13-29-20(18)26/h8-9,13-16H,3-7,10-12H2,1-2H3,(H,28,33)(H2,26,27,29)/t14-,16-/m1/s1. The highest BCUT2D eigenvalue weighted by Crippen LogP contribution is 2.37. The molecule has 0 bridgehead atoms. The van der Waals surface area contributed by atoms with Crippen LogP contribution in [-0.4, -0.2) is 64.6 Å². The van der Waals surface area contributed by atoms with Crippen molar-refractivity contribution in [3.05, 3.63) is 24.3 Å². The molecule has 2 aromatic rings. The van der Waals surface area contributed by atoms with Crippen LogP contribution in [0.4, 0.5) is 20.4 Å². The van der Waals surface area contributed by atoms with Gasteiger partial charge in [-0.2, -0.15) is 9.97 Å². The van der Waals surface area contributed by atoms with Crippen molar-refractivity contribution < 1.29 is 23.0 Å². The zero-order chi connectivity index (χ0) is 25.0. The number of anilines is 2. The number of rotatable bonds is 10. The predicted octanol–water partition coefficient (Wildman–Crippen LogP) is 2.56. The summed E-state index contributed by atoms with van der Waals surface area (Å²) in [5.41, 5.74) is 5.81. The van der Waals surface area contributed by atoms with Gasteiger partial charge in [-0.25, -0.2) is 18.7 Å². The normalized spacial score (nSPS) is 20.4. The van der Waals surface area contributed by atoms with Gasteiger partial charge < -0.3 is 25.4 Å². The minimum Gasteiger partial charge on any atom is -0.488 e. The molecule has 10 nitrogen and oxygen atoms in total. The number of halogens is 2. The third kappa shape index (κ3) is 7.09. The molecule has 2 atom stereocenters. The summed E-state index contributed by atoms with van der Waals surface area (Å²) >= 11 is 0. The van der Waals surface area contributed by atoms with Crippen molar-refractivity contribution >= 4 is 17.5 Å². The highest BCUT2D eigenvalue weighted by Gasteiger charge is 2.33. The maximum absolute atomic E-state index is 13.2. The molecule has 0 spiro atoms. The van der Waals surface area contributed by atoms with Crippen molar-refractivity contribution in [2.45, 2.75) is 39.0 Å². The van der Waals surface area contributed by atoms with Crippen LogP contribution in [0, 0.1) is 17.8 Å². The Balaban J connectivity index is 1.39. The molecule has 2 aromatic heterocycles. The molecular formula is C23H31F2N7O3. The number of ether oxygens (including phenoxy) is 2. The Kier molecular flexibility index (Phi) is 7.46. The second kappa shape index (κ2) is 10.5. The molecule has 1 aliphatic carbocycles. The van der Waals surface area contributed by atoms with E-state index in [2.05, 4.69) is 32.2 Å². The molecule has 3 heterocycles. The molecule has 2 fully saturated rings. The van der Waals surface area contributed by atoms with Crippen LogP contribution < -0.4 is 25.4 Å². The van der Waals surface area contributed by atoms with Crippen molar-refractivity contribution in [3.63, 3.8) is 0 Å². The molecule has 3 N–H and O–H groups in total. The number of nitrogen functional groups attached to an aromatic ring is 1. The number of carbonyl (C=O) groups is 1. The minimum absolute atomic E-state index is 0.00288. The van der Waals surface area contributed by atoms with Crippen LogP contribution in [0.2, 0.25) is 0 Å². The molecule has 0 aromatic carbocycles. The first-order chi connectivity index (χ1) is 16.7. The van der Waals surface area contributed by atoms with Crippen LogP contribution >= 0.6 is 0 Å². The van der Waals surface area contributed by atoms with Gasteiger partial charge in [0.2, 0.25) is 0 Å². The van der Waals surface area contributed by atoms with E-state index in [4.69, 9.17) is 15.2 Å². The Bertz CT molecular complexity index is 1030. The zero-order valence-electron chi connectivity index (χ0n) is 19.9. The van der Waals surface area contributed by atoms with Crippen molar-refractivity contribution in [1.82, 2.24) is 25.3 Å². The molecule has 1 saturated heterocycles. The van der Waals surface area contributed by atoms with Crippen LogP contribution in [-0.2, 0) is 0 Å². The molecule has 4 rings (SSSR count). The van der Waals surface area contributed by atoms with Crippen LogP contribution in [0.25, 0.3) is 0 Å². The maximum Gasteiger partial charge on any atom is 0.319 e. The van der Waals surface area contributed by atoms with E-state index in [0.717, 1.165) is 26.2 Å². The maximum atomic E-state index is 13.2. The molecular weight excluding hydrogens is 460 g/mol. The topological polar surface area (TPSA) is 128 Å². The Morgan fingerprint density at radius 3 is 2.66 bits per heavy atom. The Hall–Kier alpha value is -3.31. The van der Waals surface area contributed by atoms with E-state index in [1.165, 1.54) is 12.4 Å². The van der Waals surface area contributed by atoms with E-state index in [0.29, 0.717) is 61.4 Å². The average Bonchev–Trinajstić information content (AvgIpc) is 3.55. The van der Waals surface area contributed by atoms with Gasteiger partial charge in [-0.15, -0.1) is 0 Å². The van der Waals surface area contributed by atoms with Gasteiger partial charge >= 0.3 is 6.01 Å². The summed E-state index contributed by atoms with van der Waals surface area (Å²) in [5, 5.41) is 2.23. The van der Waals surface area contributed by atoms with Gasteiger partial charge in [-0.1, -0.05) is 6.92 Å². The molecule has 190 valence electrons. The van der Waals surface area contributed by atoms with Gasteiger partial charge in [0, 0.05) is 26.1 Å². The van der Waals surface area contributed by atoms with E-state index in [-0.39, 0.29) is 11.7 Å². The van der Waals surface area contributed by atoms with Crippen molar-refractivity contribution in [2.75, 3.05) is 43.5 Å². The number of alkyl halides is 2. The third-order valence-electron chi connectivity index (χ3n) is 6.31. The Morgan fingerprint density at radius 2 is 2.00 bits per heavy atom. The smallest absolute Gasteiger partial charge is 0.319 e. The van der Waals surface area contributed by atoms with E-state index < -0.39 is 18.4 Å². The molecule has 35 heavy (non-hydrogen) atoms. The number of piperidine rings is 1. The number of nitrogens with one attached hydrogen (secondary N) is 1. The summed E-state index contributed by atoms with van der Waals surface area (Å²) in [6, 6.07) is 1.61. The lowest BCUT2D eigenvalue weighted by Crippen LogP contribution is -2.37. The molecule has 1 aliphatic heterocycles. The summed E-state index contributed by atoms with van der Waals surface area (Å²) in [7, 11) is 0. The molecule has 1 saturated carbocycles. The average molecular weight is 492 g/mol. The number of nitrogens with zero attached hydrogens (tertiary/aromatic N) is 5. The SMILES string of the molecule is C[C@@H]1C[C@@H]1COc1nc(C(=O)NCC(C)(F)F)cc(N2CCC(COc3cncnc3N)CC2)n1. The number of nitrogens with two attached hydrogens (primary N) is 1. The van der Waals surface area contributed by atoms with Gasteiger partial charge in [0.15, 0.2) is 11.6 Å². The fourth-order valence-corrected chi connectivity index (χ4v) is 3.87. The fourth-order valence-electron chi connectivity index (χ4n) is 3.87. The van der Waals surface area contributed by atoms with Crippen molar-refractivity contribution in [2.24, 2.45) is 17.8 Å².